The van der Waals surface area contributed by atoms with Gasteiger partial charge in [-0.1, -0.05) is 11.6 Å². The summed E-state index contributed by atoms with van der Waals surface area (Å²) in [6, 6.07) is 4.98. The zero-order chi connectivity index (χ0) is 12.4. The highest BCUT2D eigenvalue weighted by molar-refractivity contribution is 7.16. The van der Waals surface area contributed by atoms with Gasteiger partial charge in [0.05, 0.1) is 10.4 Å². The molecule has 2 N–H and O–H groups in total. The van der Waals surface area contributed by atoms with Gasteiger partial charge in [-0.25, -0.2) is 0 Å². The Hall–Kier alpha value is -0.130. The molecule has 0 radical (unpaired) electrons. The second kappa shape index (κ2) is 5.67. The Balaban J connectivity index is 2.08. The van der Waals surface area contributed by atoms with Crippen molar-refractivity contribution in [2.75, 3.05) is 33.2 Å². The van der Waals surface area contributed by atoms with Gasteiger partial charge in [-0.15, -0.1) is 11.3 Å². The standard InChI is InChI=1S/C12H20ClN3S/c1-9-8-16(6-5-15(9)2)10(7-14)11-3-4-12(13)17-11/h3-4,9-10H,5-8,14H2,1-2H3. The highest BCUT2D eigenvalue weighted by Gasteiger charge is 2.27. The number of hydrogen-bond acceptors (Lipinski definition) is 4. The third kappa shape index (κ3) is 3.01. The van der Waals surface area contributed by atoms with Crippen LogP contribution in [0.25, 0.3) is 0 Å². The second-order valence-corrected chi connectivity index (χ2v) is 6.46. The summed E-state index contributed by atoms with van der Waals surface area (Å²) in [6.07, 6.45) is 0. The van der Waals surface area contributed by atoms with Crippen molar-refractivity contribution in [3.05, 3.63) is 21.3 Å². The lowest BCUT2D eigenvalue weighted by Crippen LogP contribution is -2.52. The number of rotatable bonds is 3. The first kappa shape index (κ1) is 13.3. The summed E-state index contributed by atoms with van der Waals surface area (Å²) in [6.45, 7) is 6.19. The van der Waals surface area contributed by atoms with Crippen molar-refractivity contribution in [3.63, 3.8) is 0 Å². The summed E-state index contributed by atoms with van der Waals surface area (Å²) in [5.41, 5.74) is 5.93. The van der Waals surface area contributed by atoms with Crippen LogP contribution in [0.4, 0.5) is 0 Å². The lowest BCUT2D eigenvalue weighted by Gasteiger charge is -2.41. The Morgan fingerprint density at radius 1 is 1.53 bits per heavy atom. The largest absolute Gasteiger partial charge is 0.329 e. The number of likely N-dealkylation sites (N-methyl/N-ethyl adjacent to an activating group) is 1. The summed E-state index contributed by atoms with van der Waals surface area (Å²) in [5, 5.41) is 0. The minimum Gasteiger partial charge on any atom is -0.329 e. The molecule has 0 spiro atoms. The van der Waals surface area contributed by atoms with Crippen molar-refractivity contribution in [1.29, 1.82) is 0 Å². The van der Waals surface area contributed by atoms with E-state index in [9.17, 15) is 0 Å². The van der Waals surface area contributed by atoms with Gasteiger partial charge in [-0.3, -0.25) is 4.90 Å². The van der Waals surface area contributed by atoms with Gasteiger partial charge in [-0.05, 0) is 26.1 Å². The van der Waals surface area contributed by atoms with Crippen molar-refractivity contribution in [2.24, 2.45) is 5.73 Å². The van der Waals surface area contributed by atoms with Gasteiger partial charge in [0.2, 0.25) is 0 Å². The molecule has 1 aliphatic heterocycles. The van der Waals surface area contributed by atoms with Crippen LogP contribution in [-0.2, 0) is 0 Å². The maximum Gasteiger partial charge on any atom is 0.0931 e. The molecule has 2 rings (SSSR count). The van der Waals surface area contributed by atoms with Crippen LogP contribution in [-0.4, -0.2) is 49.1 Å². The van der Waals surface area contributed by atoms with Gasteiger partial charge in [0, 0.05) is 37.1 Å². The molecule has 17 heavy (non-hydrogen) atoms. The molecule has 3 nitrogen and oxygen atoms in total. The average molecular weight is 274 g/mol. The Bertz CT molecular complexity index is 368. The molecule has 2 unspecified atom stereocenters. The first-order valence-corrected chi connectivity index (χ1v) is 7.21. The van der Waals surface area contributed by atoms with Crippen LogP contribution in [0, 0.1) is 0 Å². The van der Waals surface area contributed by atoms with Crippen LogP contribution in [0.15, 0.2) is 12.1 Å². The molecule has 96 valence electrons. The van der Waals surface area contributed by atoms with E-state index < -0.39 is 0 Å². The van der Waals surface area contributed by atoms with Crippen LogP contribution in [0.5, 0.6) is 0 Å². The van der Waals surface area contributed by atoms with Crippen molar-refractivity contribution in [2.45, 2.75) is 19.0 Å². The molecule has 1 aliphatic rings. The Morgan fingerprint density at radius 2 is 2.29 bits per heavy atom. The minimum absolute atomic E-state index is 0.323. The van der Waals surface area contributed by atoms with Crippen molar-refractivity contribution in [3.8, 4) is 0 Å². The zero-order valence-corrected chi connectivity index (χ0v) is 12.0. The lowest BCUT2D eigenvalue weighted by atomic mass is 10.1. The molecule has 5 heteroatoms. The molecule has 2 heterocycles. The number of piperazine rings is 1. The highest BCUT2D eigenvalue weighted by Crippen LogP contribution is 2.31. The quantitative estimate of drug-likeness (QED) is 0.915. The summed E-state index contributed by atoms with van der Waals surface area (Å²) in [7, 11) is 2.18. The van der Waals surface area contributed by atoms with Gasteiger partial charge in [0.15, 0.2) is 0 Å². The molecule has 0 amide bonds. The lowest BCUT2D eigenvalue weighted by molar-refractivity contribution is 0.0752. The monoisotopic (exact) mass is 273 g/mol. The summed E-state index contributed by atoms with van der Waals surface area (Å²) >= 11 is 7.65. The molecule has 0 bridgehead atoms. The molecule has 1 aromatic rings. The SMILES string of the molecule is CC1CN(C(CN)c2ccc(Cl)s2)CCN1C. The smallest absolute Gasteiger partial charge is 0.0931 e. The van der Waals surface area contributed by atoms with Gasteiger partial charge < -0.3 is 10.6 Å². The van der Waals surface area contributed by atoms with E-state index in [0.29, 0.717) is 18.6 Å². The van der Waals surface area contributed by atoms with Crippen molar-refractivity contribution in [1.82, 2.24) is 9.80 Å². The highest BCUT2D eigenvalue weighted by atomic mass is 35.5. The first-order valence-electron chi connectivity index (χ1n) is 6.01. The van der Waals surface area contributed by atoms with Crippen LogP contribution in [0.3, 0.4) is 0 Å². The molecule has 0 aromatic carbocycles. The topological polar surface area (TPSA) is 32.5 Å². The molecule has 0 saturated carbocycles. The number of nitrogens with two attached hydrogens (primary N) is 1. The average Bonchev–Trinajstić information content (AvgIpc) is 2.71. The molecule has 2 atom stereocenters. The predicted molar refractivity (Wildman–Crippen MR) is 74.8 cm³/mol. The van der Waals surface area contributed by atoms with Crippen LogP contribution in [0.1, 0.15) is 17.8 Å². The molecule has 1 fully saturated rings. The van der Waals surface area contributed by atoms with E-state index in [2.05, 4.69) is 29.8 Å². The summed E-state index contributed by atoms with van der Waals surface area (Å²) in [4.78, 5) is 6.16. The van der Waals surface area contributed by atoms with E-state index in [1.54, 1.807) is 11.3 Å². The molecule has 0 aliphatic carbocycles. The van der Waals surface area contributed by atoms with E-state index in [0.717, 1.165) is 24.0 Å². The van der Waals surface area contributed by atoms with Crippen molar-refractivity contribution >= 4 is 22.9 Å². The fraction of sp³-hybridized carbons (Fsp3) is 0.667. The van der Waals surface area contributed by atoms with Crippen LogP contribution < -0.4 is 5.73 Å². The maximum atomic E-state index is 6.00. The van der Waals surface area contributed by atoms with Gasteiger partial charge in [0.1, 0.15) is 0 Å². The fourth-order valence-electron chi connectivity index (χ4n) is 2.31. The van der Waals surface area contributed by atoms with E-state index >= 15 is 0 Å². The van der Waals surface area contributed by atoms with E-state index in [1.807, 2.05) is 6.07 Å². The minimum atomic E-state index is 0.323. The van der Waals surface area contributed by atoms with Gasteiger partial charge in [0.25, 0.3) is 0 Å². The summed E-state index contributed by atoms with van der Waals surface area (Å²) < 4.78 is 0.848. The number of thiophene rings is 1. The number of halogens is 1. The first-order chi connectivity index (χ1) is 8.11. The van der Waals surface area contributed by atoms with E-state index in [1.165, 1.54) is 4.88 Å². The van der Waals surface area contributed by atoms with Gasteiger partial charge >= 0.3 is 0 Å². The van der Waals surface area contributed by atoms with Crippen molar-refractivity contribution < 1.29 is 0 Å². The van der Waals surface area contributed by atoms with E-state index in [-0.39, 0.29) is 0 Å². The molecule has 1 aromatic heterocycles. The van der Waals surface area contributed by atoms with Gasteiger partial charge in [-0.2, -0.15) is 0 Å². The Kier molecular flexibility index (Phi) is 4.44. The molecular formula is C12H20ClN3S. The maximum absolute atomic E-state index is 6.00. The Labute approximate surface area is 112 Å². The fourth-order valence-corrected chi connectivity index (χ4v) is 3.52. The molecule has 1 saturated heterocycles. The number of nitrogens with zero attached hydrogens (tertiary/aromatic N) is 2. The third-order valence-corrected chi connectivity index (χ3v) is 4.91. The third-order valence-electron chi connectivity index (χ3n) is 3.58. The summed E-state index contributed by atoms with van der Waals surface area (Å²) in [5.74, 6) is 0. The normalized spacial score (nSPS) is 25.1. The van der Waals surface area contributed by atoms with Crippen LogP contribution in [0.2, 0.25) is 4.34 Å². The molecular weight excluding hydrogens is 254 g/mol. The predicted octanol–water partition coefficient (Wildman–Crippen LogP) is 2.04. The Morgan fingerprint density at radius 3 is 2.82 bits per heavy atom. The number of hydrogen-bond donors (Lipinski definition) is 1. The van der Waals surface area contributed by atoms with Crippen LogP contribution >= 0.6 is 22.9 Å². The van der Waals surface area contributed by atoms with E-state index in [4.69, 9.17) is 17.3 Å². The zero-order valence-electron chi connectivity index (χ0n) is 10.4. The second-order valence-electron chi connectivity index (χ2n) is 4.72.